The predicted molar refractivity (Wildman–Crippen MR) is 104 cm³/mol. The van der Waals surface area contributed by atoms with E-state index in [4.69, 9.17) is 4.74 Å². The van der Waals surface area contributed by atoms with Gasteiger partial charge in [-0.1, -0.05) is 0 Å². The molecule has 1 heterocycles. The first-order chi connectivity index (χ1) is 13.3. The summed E-state index contributed by atoms with van der Waals surface area (Å²) in [6.45, 7) is 2.05. The van der Waals surface area contributed by atoms with E-state index in [9.17, 15) is 8.78 Å². The third-order valence-corrected chi connectivity index (χ3v) is 4.48. The third-order valence-electron chi connectivity index (χ3n) is 4.48. The topological polar surface area (TPSA) is 72.7 Å². The minimum absolute atomic E-state index is 0.0976. The SMILES string of the molecule is CN=C(NCCc1c(C)nn(C)c1C)NCc1cc(OC)ccc1OC(F)F. The summed E-state index contributed by atoms with van der Waals surface area (Å²) >= 11 is 0. The van der Waals surface area contributed by atoms with Gasteiger partial charge in [0.2, 0.25) is 0 Å². The van der Waals surface area contributed by atoms with E-state index in [1.807, 2.05) is 25.6 Å². The Morgan fingerprint density at radius 1 is 1.29 bits per heavy atom. The Kier molecular flexibility index (Phi) is 7.60. The molecule has 9 heteroatoms. The van der Waals surface area contributed by atoms with Gasteiger partial charge < -0.3 is 20.1 Å². The highest BCUT2D eigenvalue weighted by molar-refractivity contribution is 5.79. The van der Waals surface area contributed by atoms with Crippen molar-refractivity contribution in [3.8, 4) is 11.5 Å². The molecule has 28 heavy (non-hydrogen) atoms. The van der Waals surface area contributed by atoms with Crippen molar-refractivity contribution in [3.63, 3.8) is 0 Å². The van der Waals surface area contributed by atoms with Crippen LogP contribution in [0.25, 0.3) is 0 Å². The summed E-state index contributed by atoms with van der Waals surface area (Å²) in [5.41, 5.74) is 3.88. The fraction of sp³-hybridized carbons (Fsp3) is 0.474. The summed E-state index contributed by atoms with van der Waals surface area (Å²) in [6.07, 6.45) is 0.797. The number of methoxy groups -OCH3 is 1. The number of aliphatic imine (C=N–C) groups is 1. The molecule has 2 aromatic rings. The average Bonchev–Trinajstić information content (AvgIpc) is 2.90. The molecule has 0 radical (unpaired) electrons. The van der Waals surface area contributed by atoms with E-state index in [2.05, 4.69) is 25.5 Å². The predicted octanol–water partition coefficient (Wildman–Crippen LogP) is 2.55. The largest absolute Gasteiger partial charge is 0.497 e. The molecule has 0 fully saturated rings. The average molecular weight is 395 g/mol. The van der Waals surface area contributed by atoms with Crippen LogP contribution in [0.15, 0.2) is 23.2 Å². The van der Waals surface area contributed by atoms with Gasteiger partial charge in [-0.3, -0.25) is 9.67 Å². The number of nitrogens with one attached hydrogen (secondary N) is 2. The minimum Gasteiger partial charge on any atom is -0.497 e. The second kappa shape index (κ2) is 9.91. The zero-order valence-electron chi connectivity index (χ0n) is 16.8. The maximum absolute atomic E-state index is 12.6. The smallest absolute Gasteiger partial charge is 0.387 e. The number of benzene rings is 1. The number of guanidine groups is 1. The highest BCUT2D eigenvalue weighted by Crippen LogP contribution is 2.25. The number of rotatable bonds is 8. The van der Waals surface area contributed by atoms with Crippen LogP contribution in [-0.2, 0) is 20.0 Å². The van der Waals surface area contributed by atoms with Crippen LogP contribution >= 0.6 is 0 Å². The summed E-state index contributed by atoms with van der Waals surface area (Å²) in [4.78, 5) is 4.17. The maximum Gasteiger partial charge on any atom is 0.387 e. The first-order valence-corrected chi connectivity index (χ1v) is 8.91. The second-order valence-electron chi connectivity index (χ2n) is 6.23. The zero-order chi connectivity index (χ0) is 20.7. The summed E-state index contributed by atoms with van der Waals surface area (Å²) in [6, 6.07) is 4.69. The molecule has 0 saturated carbocycles. The van der Waals surface area contributed by atoms with Crippen molar-refractivity contribution in [1.29, 1.82) is 0 Å². The van der Waals surface area contributed by atoms with E-state index < -0.39 is 6.61 Å². The molecule has 0 saturated heterocycles. The number of halogens is 2. The number of ether oxygens (including phenoxy) is 2. The molecule has 1 aromatic heterocycles. The molecule has 0 bridgehead atoms. The lowest BCUT2D eigenvalue weighted by Gasteiger charge is -2.15. The lowest BCUT2D eigenvalue weighted by molar-refractivity contribution is -0.0504. The van der Waals surface area contributed by atoms with Gasteiger partial charge in [0, 0.05) is 38.4 Å². The molecule has 154 valence electrons. The van der Waals surface area contributed by atoms with Gasteiger partial charge >= 0.3 is 6.61 Å². The van der Waals surface area contributed by atoms with Crippen LogP contribution in [0.1, 0.15) is 22.5 Å². The normalized spacial score (nSPS) is 11.6. The number of aromatic nitrogens is 2. The quantitative estimate of drug-likeness (QED) is 0.531. The lowest BCUT2D eigenvalue weighted by Crippen LogP contribution is -2.38. The fourth-order valence-electron chi connectivity index (χ4n) is 2.92. The summed E-state index contributed by atoms with van der Waals surface area (Å²) in [5, 5.41) is 10.7. The van der Waals surface area contributed by atoms with Gasteiger partial charge in [-0.25, -0.2) is 0 Å². The van der Waals surface area contributed by atoms with Crippen molar-refractivity contribution >= 4 is 5.96 Å². The van der Waals surface area contributed by atoms with E-state index in [1.165, 1.54) is 18.7 Å². The number of nitrogens with zero attached hydrogens (tertiary/aromatic N) is 3. The van der Waals surface area contributed by atoms with Gasteiger partial charge in [0.1, 0.15) is 11.5 Å². The molecule has 2 N–H and O–H groups in total. The molecule has 1 aromatic carbocycles. The Balaban J connectivity index is 1.96. The standard InChI is InChI=1S/C19H27F2N5O2/c1-12-16(13(2)26(4)25-12)8-9-23-19(22-3)24-11-14-10-15(27-5)6-7-17(14)28-18(20)21/h6-7,10,18H,8-9,11H2,1-5H3,(H2,22,23,24). The van der Waals surface area contributed by atoms with Crippen LogP contribution in [0.5, 0.6) is 11.5 Å². The Labute approximate surface area is 163 Å². The van der Waals surface area contributed by atoms with Crippen LogP contribution in [0, 0.1) is 13.8 Å². The second-order valence-corrected chi connectivity index (χ2v) is 6.23. The van der Waals surface area contributed by atoms with Gasteiger partial charge in [-0.2, -0.15) is 13.9 Å². The molecule has 7 nitrogen and oxygen atoms in total. The lowest BCUT2D eigenvalue weighted by atomic mass is 10.1. The van der Waals surface area contributed by atoms with Gasteiger partial charge in [0.15, 0.2) is 5.96 Å². The fourth-order valence-corrected chi connectivity index (χ4v) is 2.92. The molecule has 0 amide bonds. The Hall–Kier alpha value is -2.84. The molecular formula is C19H27F2N5O2. The molecule has 0 aliphatic heterocycles. The van der Waals surface area contributed by atoms with Gasteiger partial charge in [-0.15, -0.1) is 0 Å². The van der Waals surface area contributed by atoms with E-state index in [-0.39, 0.29) is 12.3 Å². The number of hydrogen-bond acceptors (Lipinski definition) is 4. The van der Waals surface area contributed by atoms with E-state index in [0.717, 1.165) is 17.8 Å². The van der Waals surface area contributed by atoms with Crippen LogP contribution in [-0.4, -0.2) is 43.1 Å². The molecule has 0 aliphatic rings. The van der Waals surface area contributed by atoms with Gasteiger partial charge in [0.25, 0.3) is 0 Å². The molecular weight excluding hydrogens is 368 g/mol. The van der Waals surface area contributed by atoms with E-state index in [0.29, 0.717) is 23.8 Å². The van der Waals surface area contributed by atoms with E-state index in [1.54, 1.807) is 19.2 Å². The van der Waals surface area contributed by atoms with Crippen molar-refractivity contribution < 1.29 is 18.3 Å². The Bertz CT molecular complexity index is 821. The van der Waals surface area contributed by atoms with Crippen molar-refractivity contribution in [3.05, 3.63) is 40.7 Å². The molecule has 0 unspecified atom stereocenters. The van der Waals surface area contributed by atoms with Crippen molar-refractivity contribution in [2.75, 3.05) is 20.7 Å². The summed E-state index contributed by atoms with van der Waals surface area (Å²) in [5.74, 6) is 1.22. The first kappa shape index (κ1) is 21.5. The van der Waals surface area contributed by atoms with Crippen LogP contribution in [0.2, 0.25) is 0 Å². The number of alkyl halides is 2. The molecule has 0 aliphatic carbocycles. The first-order valence-electron chi connectivity index (χ1n) is 8.91. The zero-order valence-corrected chi connectivity index (χ0v) is 16.8. The monoisotopic (exact) mass is 395 g/mol. The van der Waals surface area contributed by atoms with Crippen LogP contribution in [0.4, 0.5) is 8.78 Å². The molecule has 0 spiro atoms. The highest BCUT2D eigenvalue weighted by atomic mass is 19.3. The van der Waals surface area contributed by atoms with Gasteiger partial charge in [-0.05, 0) is 44.0 Å². The van der Waals surface area contributed by atoms with Gasteiger partial charge in [0.05, 0.1) is 12.8 Å². The van der Waals surface area contributed by atoms with E-state index >= 15 is 0 Å². The third kappa shape index (κ3) is 5.58. The van der Waals surface area contributed by atoms with Crippen molar-refractivity contribution in [1.82, 2.24) is 20.4 Å². The molecule has 2 rings (SSSR count). The number of hydrogen-bond donors (Lipinski definition) is 2. The Morgan fingerprint density at radius 3 is 2.61 bits per heavy atom. The Morgan fingerprint density at radius 2 is 2.04 bits per heavy atom. The van der Waals surface area contributed by atoms with Crippen molar-refractivity contribution in [2.45, 2.75) is 33.4 Å². The molecule has 0 atom stereocenters. The maximum atomic E-state index is 12.6. The van der Waals surface area contributed by atoms with Crippen LogP contribution < -0.4 is 20.1 Å². The van der Waals surface area contributed by atoms with Crippen molar-refractivity contribution in [2.24, 2.45) is 12.0 Å². The van der Waals surface area contributed by atoms with Crippen LogP contribution in [0.3, 0.4) is 0 Å². The highest BCUT2D eigenvalue weighted by Gasteiger charge is 2.12. The number of aryl methyl sites for hydroxylation is 2. The summed E-state index contributed by atoms with van der Waals surface area (Å²) < 4.78 is 36.9. The summed E-state index contributed by atoms with van der Waals surface area (Å²) in [7, 11) is 5.09. The minimum atomic E-state index is -2.89.